The highest BCUT2D eigenvalue weighted by molar-refractivity contribution is 7.83. The molecule has 0 aromatic heterocycles. The molecule has 17 heavy (non-hydrogen) atoms. The third-order valence-electron chi connectivity index (χ3n) is 2.58. The summed E-state index contributed by atoms with van der Waals surface area (Å²) in [5, 5.41) is 10.6. The van der Waals surface area contributed by atoms with E-state index >= 15 is 0 Å². The first-order valence-electron chi connectivity index (χ1n) is 5.30. The molecule has 0 spiro atoms. The Labute approximate surface area is 103 Å². The Morgan fingerprint density at radius 1 is 1.29 bits per heavy atom. The van der Waals surface area contributed by atoms with Crippen LogP contribution in [0.15, 0.2) is 29.2 Å². The molecular weight excluding hydrogens is 240 g/mol. The van der Waals surface area contributed by atoms with Gasteiger partial charge in [0.1, 0.15) is 11.0 Å². The minimum Gasteiger partial charge on any atom is -0.264 e. The van der Waals surface area contributed by atoms with Gasteiger partial charge in [-0.1, -0.05) is 17.7 Å². The average molecular weight is 256 g/mol. The highest BCUT2D eigenvalue weighted by atomic mass is 32.2. The smallest absolute Gasteiger partial charge is 0.226 e. The van der Waals surface area contributed by atoms with Crippen LogP contribution in [0.5, 0.6) is 0 Å². The van der Waals surface area contributed by atoms with Crippen molar-refractivity contribution in [2.24, 2.45) is 0 Å². The average Bonchev–Trinajstić information content (AvgIpc) is 2.28. The van der Waals surface area contributed by atoms with Gasteiger partial charge in [-0.05, 0) is 26.0 Å². The van der Waals surface area contributed by atoms with E-state index in [1.165, 1.54) is 6.92 Å². The highest BCUT2D eigenvalue weighted by Gasteiger charge is 2.23. The first-order valence-corrected chi connectivity index (χ1v) is 6.45. The van der Waals surface area contributed by atoms with E-state index in [2.05, 4.69) is 4.72 Å². The van der Waals surface area contributed by atoms with Gasteiger partial charge >= 0.3 is 0 Å². The van der Waals surface area contributed by atoms with Crippen LogP contribution in [0, 0.1) is 17.0 Å². The summed E-state index contributed by atoms with van der Waals surface area (Å²) in [4.78, 5) is 10.8. The fraction of sp³-hybridized carbons (Fsp3) is 0.455. The molecule has 3 atom stereocenters. The minimum atomic E-state index is -1.41. The summed E-state index contributed by atoms with van der Waals surface area (Å²) in [6.45, 7) is 5.08. The largest absolute Gasteiger partial charge is 0.264 e. The van der Waals surface area contributed by atoms with Gasteiger partial charge in [-0.15, -0.1) is 0 Å². The van der Waals surface area contributed by atoms with E-state index in [-0.39, 0.29) is 4.92 Å². The van der Waals surface area contributed by atoms with Gasteiger partial charge < -0.3 is 0 Å². The number of nitrogens with one attached hydrogen (secondary N) is 1. The first-order chi connectivity index (χ1) is 7.91. The second-order valence-electron chi connectivity index (χ2n) is 4.01. The van der Waals surface area contributed by atoms with Crippen molar-refractivity contribution < 1.29 is 9.13 Å². The lowest BCUT2D eigenvalue weighted by atomic mass is 10.2. The van der Waals surface area contributed by atoms with Crippen LogP contribution in [0.2, 0.25) is 0 Å². The topological polar surface area (TPSA) is 72.2 Å². The van der Waals surface area contributed by atoms with Crippen molar-refractivity contribution in [3.63, 3.8) is 0 Å². The van der Waals surface area contributed by atoms with Gasteiger partial charge in [-0.3, -0.25) is 10.1 Å². The molecule has 1 aromatic rings. The highest BCUT2D eigenvalue weighted by Crippen LogP contribution is 2.08. The molecule has 0 radical (unpaired) electrons. The van der Waals surface area contributed by atoms with Gasteiger partial charge in [0.25, 0.3) is 0 Å². The van der Waals surface area contributed by atoms with Crippen molar-refractivity contribution in [1.29, 1.82) is 0 Å². The standard InChI is InChI=1S/C11H16N2O3S/c1-8-4-6-11(7-5-8)17(16)12-9(2)10(3)13(14)15/h4-7,9-10,12H,1-3H3/t9-,10-,17?/m0/s1. The number of nitro groups is 1. The maximum absolute atomic E-state index is 11.9. The Bertz CT molecular complexity index is 419. The zero-order valence-corrected chi connectivity index (χ0v) is 10.9. The van der Waals surface area contributed by atoms with Gasteiger partial charge in [0.15, 0.2) is 0 Å². The van der Waals surface area contributed by atoms with Crippen molar-refractivity contribution in [2.45, 2.75) is 37.8 Å². The van der Waals surface area contributed by atoms with Crippen molar-refractivity contribution in [2.75, 3.05) is 0 Å². The third kappa shape index (κ3) is 3.90. The normalized spacial score (nSPS) is 16.2. The predicted octanol–water partition coefficient (Wildman–Crippen LogP) is 1.66. The summed E-state index contributed by atoms with van der Waals surface area (Å²) in [5.74, 6) is 0. The maximum Gasteiger partial charge on any atom is 0.226 e. The number of rotatable bonds is 5. The lowest BCUT2D eigenvalue weighted by Crippen LogP contribution is -2.40. The zero-order chi connectivity index (χ0) is 13.0. The predicted molar refractivity (Wildman–Crippen MR) is 66.6 cm³/mol. The van der Waals surface area contributed by atoms with Crippen LogP contribution in [-0.2, 0) is 11.0 Å². The molecule has 0 aliphatic carbocycles. The summed E-state index contributed by atoms with van der Waals surface area (Å²) in [6.07, 6.45) is 0. The van der Waals surface area contributed by atoms with Crippen LogP contribution >= 0.6 is 0 Å². The molecule has 1 rings (SSSR count). The molecule has 1 aromatic carbocycles. The fourth-order valence-electron chi connectivity index (χ4n) is 1.18. The molecule has 0 saturated carbocycles. The van der Waals surface area contributed by atoms with Crippen molar-refractivity contribution in [1.82, 2.24) is 4.72 Å². The quantitative estimate of drug-likeness (QED) is 0.643. The van der Waals surface area contributed by atoms with Crippen molar-refractivity contribution >= 4 is 11.0 Å². The van der Waals surface area contributed by atoms with E-state index in [9.17, 15) is 14.3 Å². The minimum absolute atomic E-state index is 0.385. The van der Waals surface area contributed by atoms with Crippen LogP contribution in [0.3, 0.4) is 0 Å². The molecule has 1 N–H and O–H groups in total. The summed E-state index contributed by atoms with van der Waals surface area (Å²) >= 11 is 0. The molecule has 0 amide bonds. The van der Waals surface area contributed by atoms with Gasteiger partial charge in [0.05, 0.1) is 10.9 Å². The molecule has 6 heteroatoms. The van der Waals surface area contributed by atoms with Crippen LogP contribution in [0.25, 0.3) is 0 Å². The van der Waals surface area contributed by atoms with Gasteiger partial charge in [0.2, 0.25) is 6.04 Å². The fourth-order valence-corrected chi connectivity index (χ4v) is 2.23. The number of hydrogen-bond acceptors (Lipinski definition) is 3. The summed E-state index contributed by atoms with van der Waals surface area (Å²) < 4.78 is 14.6. The summed E-state index contributed by atoms with van der Waals surface area (Å²) in [6, 6.07) is 5.99. The number of benzene rings is 1. The molecule has 0 aliphatic heterocycles. The van der Waals surface area contributed by atoms with E-state index in [0.29, 0.717) is 4.90 Å². The monoisotopic (exact) mass is 256 g/mol. The van der Waals surface area contributed by atoms with E-state index in [0.717, 1.165) is 5.56 Å². The first kappa shape index (κ1) is 13.8. The Morgan fingerprint density at radius 3 is 2.29 bits per heavy atom. The second-order valence-corrected chi connectivity index (χ2v) is 5.26. The van der Waals surface area contributed by atoms with Gasteiger partial charge in [-0.25, -0.2) is 8.93 Å². The molecule has 94 valence electrons. The van der Waals surface area contributed by atoms with Gasteiger partial charge in [0, 0.05) is 11.8 Å². The van der Waals surface area contributed by atoms with Crippen LogP contribution in [0.1, 0.15) is 19.4 Å². The number of nitrogens with zero attached hydrogens (tertiary/aromatic N) is 1. The molecule has 5 nitrogen and oxygen atoms in total. The Morgan fingerprint density at radius 2 is 1.82 bits per heavy atom. The summed E-state index contributed by atoms with van der Waals surface area (Å²) in [5.41, 5.74) is 1.08. The van der Waals surface area contributed by atoms with E-state index < -0.39 is 23.1 Å². The Kier molecular flexibility index (Phi) is 4.77. The van der Waals surface area contributed by atoms with Gasteiger partial charge in [-0.2, -0.15) is 0 Å². The molecular formula is C11H16N2O3S. The van der Waals surface area contributed by atoms with Crippen molar-refractivity contribution in [3.05, 3.63) is 39.9 Å². The van der Waals surface area contributed by atoms with E-state index in [1.54, 1.807) is 19.1 Å². The third-order valence-corrected chi connectivity index (χ3v) is 3.87. The Balaban J connectivity index is 2.66. The molecule has 0 bridgehead atoms. The lowest BCUT2D eigenvalue weighted by Gasteiger charge is -2.14. The molecule has 0 heterocycles. The summed E-state index contributed by atoms with van der Waals surface area (Å²) in [7, 11) is -1.41. The van der Waals surface area contributed by atoms with Crippen LogP contribution < -0.4 is 4.72 Å². The number of hydrogen-bond donors (Lipinski definition) is 1. The number of aryl methyl sites for hydroxylation is 1. The van der Waals surface area contributed by atoms with E-state index in [1.807, 2.05) is 19.1 Å². The second kappa shape index (κ2) is 5.88. The Hall–Kier alpha value is -1.27. The SMILES string of the molecule is Cc1ccc(S(=O)N[C@@H](C)[C@H](C)[N+](=O)[O-])cc1. The van der Waals surface area contributed by atoms with Crippen molar-refractivity contribution in [3.8, 4) is 0 Å². The van der Waals surface area contributed by atoms with Crippen LogP contribution in [0.4, 0.5) is 0 Å². The van der Waals surface area contributed by atoms with Crippen LogP contribution in [-0.4, -0.2) is 21.2 Å². The lowest BCUT2D eigenvalue weighted by molar-refractivity contribution is -0.521. The molecule has 0 saturated heterocycles. The molecule has 0 fully saturated rings. The van der Waals surface area contributed by atoms with E-state index in [4.69, 9.17) is 0 Å². The molecule has 0 aliphatic rings. The maximum atomic E-state index is 11.9. The molecule has 1 unspecified atom stereocenters. The zero-order valence-electron chi connectivity index (χ0n) is 10.0.